The minimum Gasteiger partial charge on any atom is -0.426 e. The van der Waals surface area contributed by atoms with Crippen LogP contribution >= 0.6 is 0 Å². The second-order valence-electron chi connectivity index (χ2n) is 9.34. The Labute approximate surface area is 228 Å². The summed E-state index contributed by atoms with van der Waals surface area (Å²) in [6.45, 7) is 3.19. The highest BCUT2D eigenvalue weighted by Crippen LogP contribution is 2.10. The van der Waals surface area contributed by atoms with Gasteiger partial charge in [0.2, 0.25) is 17.7 Å². The summed E-state index contributed by atoms with van der Waals surface area (Å²) in [6, 6.07) is 8.37. The van der Waals surface area contributed by atoms with E-state index in [1.165, 1.54) is 18.6 Å². The lowest BCUT2D eigenvalue weighted by atomic mass is 9.76. The molecule has 1 aromatic heterocycles. The summed E-state index contributed by atoms with van der Waals surface area (Å²) in [4.78, 5) is 62.1. The molecule has 4 N–H and O–H groups in total. The highest BCUT2D eigenvalue weighted by molar-refractivity contribution is 6.43. The molecule has 0 radical (unpaired) electrons. The van der Waals surface area contributed by atoms with Crippen molar-refractivity contribution in [2.75, 3.05) is 26.2 Å². The summed E-state index contributed by atoms with van der Waals surface area (Å²) >= 11 is 0. The van der Waals surface area contributed by atoms with Crippen LogP contribution in [-0.2, 0) is 20.8 Å². The van der Waals surface area contributed by atoms with Crippen LogP contribution in [0.2, 0.25) is 0 Å². The number of carbonyl (C=O) groups is 4. The zero-order valence-corrected chi connectivity index (χ0v) is 22.0. The fraction of sp³-hybridized carbons (Fsp3) is 0.462. The number of nitrogens with zero attached hydrogens (tertiary/aromatic N) is 4. The van der Waals surface area contributed by atoms with E-state index in [-0.39, 0.29) is 30.3 Å². The Bertz CT molecular complexity index is 1100. The lowest BCUT2D eigenvalue weighted by molar-refractivity contribution is -0.140. The van der Waals surface area contributed by atoms with E-state index < -0.39 is 30.9 Å². The average molecular weight is 538 g/mol. The van der Waals surface area contributed by atoms with Crippen LogP contribution in [0.5, 0.6) is 0 Å². The third-order valence-corrected chi connectivity index (χ3v) is 6.59. The van der Waals surface area contributed by atoms with Gasteiger partial charge in [0.05, 0.1) is 18.6 Å². The molecule has 208 valence electrons. The van der Waals surface area contributed by atoms with Gasteiger partial charge in [0, 0.05) is 45.0 Å². The number of hydrogen-bond donors (Lipinski definition) is 4. The molecule has 2 heterocycles. The van der Waals surface area contributed by atoms with E-state index >= 15 is 0 Å². The fourth-order valence-electron chi connectivity index (χ4n) is 4.34. The lowest BCUT2D eigenvalue weighted by Gasteiger charge is -2.35. The summed E-state index contributed by atoms with van der Waals surface area (Å²) in [5.41, 5.74) is 1.05. The summed E-state index contributed by atoms with van der Waals surface area (Å²) in [5, 5.41) is 24.9. The molecular formula is C26H35BN6O6. The normalized spacial score (nSPS) is 14.7. The summed E-state index contributed by atoms with van der Waals surface area (Å²) < 4.78 is 0. The molecule has 1 unspecified atom stereocenters. The molecule has 39 heavy (non-hydrogen) atoms. The summed E-state index contributed by atoms with van der Waals surface area (Å²) in [6.07, 6.45) is 5.52. The standard InChI is InChI=1S/C26H35BN6O6/c1-2-23(34)32-13-15-33(16-14-32)24(35)17-20(30-26(37)21-18-28-11-12-29-21)25(36)31-22(27(38)39)10-6-9-19-7-4-3-5-8-19/h3-5,7-8,11-12,18,20,22,38-39H,2,6,9-10,13-17H2,1H3,(H,30,37)(H,31,36)/t20?,22-/m0/s1. The molecule has 0 bridgehead atoms. The molecule has 2 atom stereocenters. The van der Waals surface area contributed by atoms with Crippen LogP contribution in [0.3, 0.4) is 0 Å². The van der Waals surface area contributed by atoms with Crippen molar-refractivity contribution in [3.05, 3.63) is 60.2 Å². The van der Waals surface area contributed by atoms with Crippen LogP contribution in [0.25, 0.3) is 0 Å². The Kier molecular flexibility index (Phi) is 11.4. The quantitative estimate of drug-likeness (QED) is 0.264. The van der Waals surface area contributed by atoms with Crippen molar-refractivity contribution in [1.82, 2.24) is 30.4 Å². The minimum absolute atomic E-state index is 0.0106. The van der Waals surface area contributed by atoms with Gasteiger partial charge in [-0.3, -0.25) is 24.2 Å². The van der Waals surface area contributed by atoms with Crippen molar-refractivity contribution in [2.45, 2.75) is 51.0 Å². The minimum atomic E-state index is -1.83. The number of rotatable bonds is 12. The smallest absolute Gasteiger partial charge is 0.426 e. The van der Waals surface area contributed by atoms with Crippen molar-refractivity contribution >= 4 is 30.7 Å². The van der Waals surface area contributed by atoms with Crippen molar-refractivity contribution in [3.8, 4) is 0 Å². The Hall–Kier alpha value is -3.84. The van der Waals surface area contributed by atoms with Gasteiger partial charge in [-0.15, -0.1) is 0 Å². The molecule has 1 aliphatic rings. The van der Waals surface area contributed by atoms with Crippen LogP contribution in [-0.4, -0.2) is 98.7 Å². The van der Waals surface area contributed by atoms with Gasteiger partial charge in [0.1, 0.15) is 11.7 Å². The average Bonchev–Trinajstić information content (AvgIpc) is 2.96. The van der Waals surface area contributed by atoms with Gasteiger partial charge in [-0.05, 0) is 24.8 Å². The SMILES string of the molecule is CCC(=O)N1CCN(C(=O)CC(NC(=O)c2cnccn2)C(=O)N[C@@H](CCCc2ccccc2)B(O)O)CC1. The maximum absolute atomic E-state index is 13.2. The van der Waals surface area contributed by atoms with Crippen LogP contribution in [0, 0.1) is 0 Å². The highest BCUT2D eigenvalue weighted by Gasteiger charge is 2.33. The summed E-state index contributed by atoms with van der Waals surface area (Å²) in [7, 11) is -1.83. The van der Waals surface area contributed by atoms with Crippen LogP contribution in [0.1, 0.15) is 48.7 Å². The van der Waals surface area contributed by atoms with E-state index in [1.807, 2.05) is 30.3 Å². The van der Waals surface area contributed by atoms with Gasteiger partial charge in [-0.1, -0.05) is 37.3 Å². The molecule has 1 saturated heterocycles. The molecule has 1 aliphatic heterocycles. The maximum atomic E-state index is 13.2. The molecule has 1 fully saturated rings. The Morgan fingerprint density at radius 2 is 1.64 bits per heavy atom. The number of nitrogens with one attached hydrogen (secondary N) is 2. The Morgan fingerprint density at radius 1 is 0.974 bits per heavy atom. The van der Waals surface area contributed by atoms with Crippen molar-refractivity contribution in [3.63, 3.8) is 0 Å². The molecule has 4 amide bonds. The third kappa shape index (κ3) is 9.15. The number of hydrogen-bond acceptors (Lipinski definition) is 8. The predicted octanol–water partition coefficient (Wildman–Crippen LogP) is -0.434. The highest BCUT2D eigenvalue weighted by atomic mass is 16.4. The molecule has 0 saturated carbocycles. The zero-order chi connectivity index (χ0) is 28.2. The first-order valence-electron chi connectivity index (χ1n) is 13.1. The van der Waals surface area contributed by atoms with E-state index in [0.29, 0.717) is 45.4 Å². The van der Waals surface area contributed by atoms with Crippen molar-refractivity contribution < 1.29 is 29.2 Å². The molecule has 3 rings (SSSR count). The summed E-state index contributed by atoms with van der Waals surface area (Å²) in [5.74, 6) is -2.78. The largest absolute Gasteiger partial charge is 0.475 e. The Morgan fingerprint density at radius 3 is 2.23 bits per heavy atom. The molecule has 13 heteroatoms. The van der Waals surface area contributed by atoms with Gasteiger partial charge in [-0.25, -0.2) is 4.98 Å². The van der Waals surface area contributed by atoms with E-state index in [0.717, 1.165) is 5.56 Å². The molecular weight excluding hydrogens is 503 g/mol. The van der Waals surface area contributed by atoms with E-state index in [9.17, 15) is 29.2 Å². The van der Waals surface area contributed by atoms with Crippen LogP contribution in [0.15, 0.2) is 48.9 Å². The van der Waals surface area contributed by atoms with Crippen molar-refractivity contribution in [1.29, 1.82) is 0 Å². The topological polar surface area (TPSA) is 165 Å². The number of aryl methyl sites for hydroxylation is 1. The Balaban J connectivity index is 1.65. The lowest BCUT2D eigenvalue weighted by Crippen LogP contribution is -2.56. The number of piperazine rings is 1. The number of benzene rings is 1. The van der Waals surface area contributed by atoms with E-state index in [2.05, 4.69) is 20.6 Å². The molecule has 0 spiro atoms. The monoisotopic (exact) mass is 538 g/mol. The van der Waals surface area contributed by atoms with Gasteiger partial charge in [0.15, 0.2) is 0 Å². The number of amides is 4. The molecule has 12 nitrogen and oxygen atoms in total. The maximum Gasteiger partial charge on any atom is 0.475 e. The second-order valence-corrected chi connectivity index (χ2v) is 9.34. The predicted molar refractivity (Wildman–Crippen MR) is 143 cm³/mol. The van der Waals surface area contributed by atoms with Gasteiger partial charge in [0.25, 0.3) is 5.91 Å². The van der Waals surface area contributed by atoms with Crippen LogP contribution in [0.4, 0.5) is 0 Å². The van der Waals surface area contributed by atoms with Crippen molar-refractivity contribution in [2.24, 2.45) is 0 Å². The van der Waals surface area contributed by atoms with E-state index in [1.54, 1.807) is 16.7 Å². The van der Waals surface area contributed by atoms with Crippen LogP contribution < -0.4 is 10.6 Å². The first-order chi connectivity index (χ1) is 18.8. The van der Waals surface area contributed by atoms with Gasteiger partial charge < -0.3 is 30.5 Å². The third-order valence-electron chi connectivity index (χ3n) is 6.59. The molecule has 0 aliphatic carbocycles. The zero-order valence-electron chi connectivity index (χ0n) is 22.0. The fourth-order valence-corrected chi connectivity index (χ4v) is 4.34. The molecule has 1 aromatic carbocycles. The first kappa shape index (κ1) is 29.7. The molecule has 2 aromatic rings. The van der Waals surface area contributed by atoms with Gasteiger partial charge >= 0.3 is 7.12 Å². The first-order valence-corrected chi connectivity index (χ1v) is 13.1. The second kappa shape index (κ2) is 14.9. The van der Waals surface area contributed by atoms with Gasteiger partial charge in [-0.2, -0.15) is 0 Å². The number of carbonyl (C=O) groups excluding carboxylic acids is 4. The number of aromatic nitrogens is 2. The van der Waals surface area contributed by atoms with E-state index in [4.69, 9.17) is 0 Å².